The Morgan fingerprint density at radius 2 is 1.71 bits per heavy atom. The molecule has 0 bridgehead atoms. The lowest BCUT2D eigenvalue weighted by Crippen LogP contribution is -2.30. The van der Waals surface area contributed by atoms with Gasteiger partial charge in [0.25, 0.3) is 5.91 Å². The number of anilines is 2. The van der Waals surface area contributed by atoms with Crippen molar-refractivity contribution in [3.63, 3.8) is 0 Å². The number of carbonyl (C=O) groups excluding carboxylic acids is 1. The van der Waals surface area contributed by atoms with Crippen molar-refractivity contribution in [2.24, 2.45) is 5.73 Å². The topological polar surface area (TPSA) is 92.9 Å². The smallest absolute Gasteiger partial charge is 0.254 e. The van der Waals surface area contributed by atoms with Crippen LogP contribution in [0.2, 0.25) is 0 Å². The Morgan fingerprint density at radius 3 is 2.33 bits per heavy atom. The van der Waals surface area contributed by atoms with Gasteiger partial charge in [-0.05, 0) is 32.1 Å². The molecule has 114 valence electrons. The van der Waals surface area contributed by atoms with E-state index in [0.29, 0.717) is 29.4 Å². The number of rotatable bonds is 5. The molecule has 0 saturated heterocycles. The summed E-state index contributed by atoms with van der Waals surface area (Å²) in [6.07, 6.45) is 11.1. The molecule has 0 aliphatic heterocycles. The number of aromatic nitrogens is 2. The van der Waals surface area contributed by atoms with E-state index >= 15 is 0 Å². The van der Waals surface area contributed by atoms with E-state index < -0.39 is 5.91 Å². The minimum absolute atomic E-state index is 0.371. The second-order valence-corrected chi connectivity index (χ2v) is 6.07. The Balaban J connectivity index is 1.74. The third-order valence-corrected chi connectivity index (χ3v) is 4.44. The average Bonchev–Trinajstić information content (AvgIpc) is 2.44. The van der Waals surface area contributed by atoms with E-state index in [4.69, 9.17) is 5.73 Å². The summed E-state index contributed by atoms with van der Waals surface area (Å²) < 4.78 is 0. The molecule has 3 rings (SSSR count). The van der Waals surface area contributed by atoms with Crippen molar-refractivity contribution in [1.82, 2.24) is 9.97 Å². The Morgan fingerprint density at radius 1 is 1.05 bits per heavy atom. The van der Waals surface area contributed by atoms with Crippen LogP contribution in [0.25, 0.3) is 0 Å². The SMILES string of the molecule is NC(=O)c1cnc(NC2CCCCC2)nc1NC1CCC1. The van der Waals surface area contributed by atoms with Crippen LogP contribution in [0.15, 0.2) is 6.20 Å². The fraction of sp³-hybridized carbons (Fsp3) is 0.667. The number of hydrogen-bond donors (Lipinski definition) is 3. The van der Waals surface area contributed by atoms with Gasteiger partial charge in [0.1, 0.15) is 5.82 Å². The fourth-order valence-corrected chi connectivity index (χ4v) is 2.92. The molecule has 0 unspecified atom stereocenters. The monoisotopic (exact) mass is 289 g/mol. The molecule has 2 saturated carbocycles. The van der Waals surface area contributed by atoms with Crippen molar-refractivity contribution >= 4 is 17.7 Å². The van der Waals surface area contributed by atoms with Gasteiger partial charge in [0.05, 0.1) is 5.56 Å². The molecule has 6 heteroatoms. The van der Waals surface area contributed by atoms with E-state index in [0.717, 1.165) is 25.7 Å². The minimum Gasteiger partial charge on any atom is -0.367 e. The van der Waals surface area contributed by atoms with Gasteiger partial charge in [-0.1, -0.05) is 19.3 Å². The maximum atomic E-state index is 11.5. The van der Waals surface area contributed by atoms with Gasteiger partial charge < -0.3 is 16.4 Å². The summed E-state index contributed by atoms with van der Waals surface area (Å²) in [5.41, 5.74) is 5.78. The van der Waals surface area contributed by atoms with Crippen LogP contribution in [0, 0.1) is 0 Å². The molecule has 4 N–H and O–H groups in total. The number of nitrogens with two attached hydrogens (primary N) is 1. The first-order valence-corrected chi connectivity index (χ1v) is 7.92. The summed E-state index contributed by atoms with van der Waals surface area (Å²) in [5.74, 6) is 0.676. The van der Waals surface area contributed by atoms with Crippen molar-refractivity contribution in [2.45, 2.75) is 63.5 Å². The van der Waals surface area contributed by atoms with Gasteiger partial charge in [-0.15, -0.1) is 0 Å². The lowest BCUT2D eigenvalue weighted by molar-refractivity contribution is 0.100. The predicted molar refractivity (Wildman–Crippen MR) is 82.3 cm³/mol. The molecule has 2 fully saturated rings. The van der Waals surface area contributed by atoms with E-state index in [9.17, 15) is 4.79 Å². The van der Waals surface area contributed by atoms with Crippen LogP contribution in [0.4, 0.5) is 11.8 Å². The fourth-order valence-electron chi connectivity index (χ4n) is 2.92. The highest BCUT2D eigenvalue weighted by Gasteiger charge is 2.21. The molecule has 1 aromatic rings. The second kappa shape index (κ2) is 6.28. The zero-order chi connectivity index (χ0) is 14.7. The minimum atomic E-state index is -0.485. The average molecular weight is 289 g/mol. The lowest BCUT2D eigenvalue weighted by Gasteiger charge is -2.28. The van der Waals surface area contributed by atoms with Crippen LogP contribution < -0.4 is 16.4 Å². The van der Waals surface area contributed by atoms with Crippen molar-refractivity contribution in [3.05, 3.63) is 11.8 Å². The lowest BCUT2D eigenvalue weighted by atomic mass is 9.93. The Kier molecular flexibility index (Phi) is 4.22. The van der Waals surface area contributed by atoms with Gasteiger partial charge in [0.15, 0.2) is 0 Å². The third-order valence-electron chi connectivity index (χ3n) is 4.44. The molecule has 21 heavy (non-hydrogen) atoms. The zero-order valence-corrected chi connectivity index (χ0v) is 12.3. The number of nitrogens with one attached hydrogen (secondary N) is 2. The Bertz CT molecular complexity index is 509. The highest BCUT2D eigenvalue weighted by Crippen LogP contribution is 2.25. The maximum absolute atomic E-state index is 11.5. The Hall–Kier alpha value is -1.85. The van der Waals surface area contributed by atoms with E-state index in [1.54, 1.807) is 0 Å². The van der Waals surface area contributed by atoms with Crippen LogP contribution in [0.1, 0.15) is 61.7 Å². The molecular weight excluding hydrogens is 266 g/mol. The van der Waals surface area contributed by atoms with Crippen LogP contribution in [-0.4, -0.2) is 28.0 Å². The van der Waals surface area contributed by atoms with Crippen LogP contribution in [0.3, 0.4) is 0 Å². The van der Waals surface area contributed by atoms with Gasteiger partial charge in [0.2, 0.25) is 5.95 Å². The first-order valence-electron chi connectivity index (χ1n) is 7.92. The van der Waals surface area contributed by atoms with Crippen LogP contribution in [-0.2, 0) is 0 Å². The van der Waals surface area contributed by atoms with E-state index in [2.05, 4.69) is 20.6 Å². The predicted octanol–water partition coefficient (Wildman–Crippen LogP) is 2.28. The number of hydrogen-bond acceptors (Lipinski definition) is 5. The molecule has 2 aliphatic rings. The van der Waals surface area contributed by atoms with Gasteiger partial charge in [-0.3, -0.25) is 4.79 Å². The van der Waals surface area contributed by atoms with Gasteiger partial charge in [0, 0.05) is 18.3 Å². The molecule has 2 aliphatic carbocycles. The summed E-state index contributed by atoms with van der Waals surface area (Å²) in [5, 5.41) is 6.70. The number of carbonyl (C=O) groups is 1. The molecule has 0 aromatic carbocycles. The molecule has 1 amide bonds. The first-order chi connectivity index (χ1) is 10.2. The molecule has 0 atom stereocenters. The number of nitrogens with zero attached hydrogens (tertiary/aromatic N) is 2. The number of primary amides is 1. The van der Waals surface area contributed by atoms with Crippen molar-refractivity contribution in [3.8, 4) is 0 Å². The zero-order valence-electron chi connectivity index (χ0n) is 12.3. The van der Waals surface area contributed by atoms with Gasteiger partial charge in [-0.25, -0.2) is 4.98 Å². The molecule has 1 aromatic heterocycles. The van der Waals surface area contributed by atoms with Crippen LogP contribution in [0.5, 0.6) is 0 Å². The third kappa shape index (κ3) is 3.43. The summed E-state index contributed by atoms with van der Waals surface area (Å²) in [6, 6.07) is 0.843. The Labute approximate surface area is 124 Å². The first kappa shape index (κ1) is 14.1. The molecule has 6 nitrogen and oxygen atoms in total. The molecule has 1 heterocycles. The summed E-state index contributed by atoms with van der Waals surface area (Å²) in [7, 11) is 0. The van der Waals surface area contributed by atoms with Crippen molar-refractivity contribution < 1.29 is 4.79 Å². The van der Waals surface area contributed by atoms with Crippen LogP contribution >= 0.6 is 0 Å². The van der Waals surface area contributed by atoms with E-state index in [1.165, 1.54) is 31.9 Å². The summed E-state index contributed by atoms with van der Waals surface area (Å²) >= 11 is 0. The second-order valence-electron chi connectivity index (χ2n) is 6.07. The quantitative estimate of drug-likeness (QED) is 0.773. The molecule has 0 spiro atoms. The van der Waals surface area contributed by atoms with E-state index in [-0.39, 0.29) is 0 Å². The van der Waals surface area contributed by atoms with E-state index in [1.807, 2.05) is 0 Å². The largest absolute Gasteiger partial charge is 0.367 e. The highest BCUT2D eigenvalue weighted by molar-refractivity contribution is 5.97. The number of amides is 1. The maximum Gasteiger partial charge on any atom is 0.254 e. The highest BCUT2D eigenvalue weighted by atomic mass is 16.1. The summed E-state index contributed by atoms with van der Waals surface area (Å²) in [4.78, 5) is 20.2. The summed E-state index contributed by atoms with van der Waals surface area (Å²) in [6.45, 7) is 0. The van der Waals surface area contributed by atoms with Crippen molar-refractivity contribution in [1.29, 1.82) is 0 Å². The van der Waals surface area contributed by atoms with Gasteiger partial charge >= 0.3 is 0 Å². The van der Waals surface area contributed by atoms with Crippen molar-refractivity contribution in [2.75, 3.05) is 10.6 Å². The van der Waals surface area contributed by atoms with Gasteiger partial charge in [-0.2, -0.15) is 4.98 Å². The molecule has 0 radical (unpaired) electrons. The standard InChI is InChI=1S/C15H23N5O/c16-13(21)12-9-17-15(19-11-5-2-1-3-6-11)20-14(12)18-10-7-4-8-10/h9-11H,1-8H2,(H2,16,21)(H2,17,18,19,20). The molecular formula is C15H23N5O. The normalized spacial score (nSPS) is 19.8.